The van der Waals surface area contributed by atoms with Gasteiger partial charge >= 0.3 is 6.18 Å². The van der Waals surface area contributed by atoms with Crippen LogP contribution in [0.2, 0.25) is 0 Å². The fourth-order valence-electron chi connectivity index (χ4n) is 4.82. The summed E-state index contributed by atoms with van der Waals surface area (Å²) in [7, 11) is 0. The van der Waals surface area contributed by atoms with Crippen molar-refractivity contribution in [1.82, 2.24) is 20.3 Å². The summed E-state index contributed by atoms with van der Waals surface area (Å²) in [5, 5.41) is 2.92. The lowest BCUT2D eigenvalue weighted by Crippen LogP contribution is -2.47. The Morgan fingerprint density at radius 2 is 1.84 bits per heavy atom. The number of amides is 1. The Morgan fingerprint density at radius 1 is 1.08 bits per heavy atom. The highest BCUT2D eigenvalue weighted by Gasteiger charge is 2.42. The van der Waals surface area contributed by atoms with Crippen LogP contribution >= 0.6 is 0 Å². The zero-order valence-corrected chi connectivity index (χ0v) is 20.5. The first kappa shape index (κ1) is 25.0. The van der Waals surface area contributed by atoms with E-state index in [9.17, 15) is 18.0 Å². The second kappa shape index (κ2) is 9.99. The van der Waals surface area contributed by atoms with Crippen LogP contribution < -0.4 is 15.0 Å². The van der Waals surface area contributed by atoms with Crippen molar-refractivity contribution >= 4 is 11.7 Å². The SMILES string of the molecule is CCCCNC(=O)c1ccc(-c2cc3c(cn2)OC2(CCN(c4cnc(C(F)(F)F)cn4)CC2)C3)cc1. The molecule has 0 bridgehead atoms. The van der Waals surface area contributed by atoms with E-state index in [0.29, 0.717) is 43.9 Å². The molecule has 0 saturated carbocycles. The van der Waals surface area contributed by atoms with E-state index in [1.54, 1.807) is 6.20 Å². The second-order valence-electron chi connectivity index (χ2n) is 9.57. The molecule has 0 unspecified atom stereocenters. The molecule has 1 saturated heterocycles. The topological polar surface area (TPSA) is 80.2 Å². The van der Waals surface area contributed by atoms with Gasteiger partial charge in [-0.05, 0) is 24.6 Å². The molecule has 0 radical (unpaired) electrons. The number of pyridine rings is 1. The minimum atomic E-state index is -4.50. The predicted octanol–water partition coefficient (Wildman–Crippen LogP) is 5.06. The second-order valence-corrected chi connectivity index (χ2v) is 9.57. The van der Waals surface area contributed by atoms with Gasteiger partial charge in [-0.2, -0.15) is 13.2 Å². The summed E-state index contributed by atoms with van der Waals surface area (Å²) in [6, 6.07) is 9.46. The van der Waals surface area contributed by atoms with Gasteiger partial charge in [-0.1, -0.05) is 25.5 Å². The van der Waals surface area contributed by atoms with Gasteiger partial charge in [-0.25, -0.2) is 9.97 Å². The third kappa shape index (κ3) is 5.38. The zero-order valence-electron chi connectivity index (χ0n) is 20.5. The molecular weight excluding hydrogens is 483 g/mol. The van der Waals surface area contributed by atoms with Crippen LogP contribution in [0.5, 0.6) is 5.75 Å². The molecule has 194 valence electrons. The maximum absolute atomic E-state index is 12.8. The van der Waals surface area contributed by atoms with E-state index in [1.165, 1.54) is 6.20 Å². The number of fused-ring (bicyclic) bond motifs is 1. The number of hydrogen-bond acceptors (Lipinski definition) is 6. The molecule has 1 amide bonds. The van der Waals surface area contributed by atoms with E-state index in [0.717, 1.165) is 48.0 Å². The standard InChI is InChI=1S/C27H28F3N5O2/c1-2-3-10-31-25(36)19-6-4-18(5-7-19)21-13-20-14-26(37-22(20)15-32-21)8-11-35(12-9-26)24-17-33-23(16-34-24)27(28,29)30/h4-7,13,15-17H,2-3,8-12,14H2,1H3,(H,31,36). The van der Waals surface area contributed by atoms with E-state index in [4.69, 9.17) is 4.74 Å². The number of halogens is 3. The molecular formula is C27H28F3N5O2. The largest absolute Gasteiger partial charge is 0.485 e. The summed E-state index contributed by atoms with van der Waals surface area (Å²) in [6.45, 7) is 3.96. The molecule has 0 aliphatic carbocycles. The molecule has 2 aliphatic heterocycles. The highest BCUT2D eigenvalue weighted by molar-refractivity contribution is 5.94. The van der Waals surface area contributed by atoms with Gasteiger partial charge in [-0.3, -0.25) is 9.78 Å². The molecule has 5 rings (SSSR count). The van der Waals surface area contributed by atoms with Crippen LogP contribution in [0.4, 0.5) is 19.0 Å². The molecule has 1 aromatic carbocycles. The average molecular weight is 512 g/mol. The Labute approximate surface area is 213 Å². The van der Waals surface area contributed by atoms with Crippen LogP contribution in [0.25, 0.3) is 11.3 Å². The molecule has 3 aromatic rings. The van der Waals surface area contributed by atoms with Crippen molar-refractivity contribution in [3.63, 3.8) is 0 Å². The number of rotatable bonds is 6. The first-order chi connectivity index (χ1) is 17.8. The summed E-state index contributed by atoms with van der Waals surface area (Å²) in [4.78, 5) is 26.3. The number of ether oxygens (including phenoxy) is 1. The van der Waals surface area contributed by atoms with Crippen LogP contribution in [-0.2, 0) is 12.6 Å². The summed E-state index contributed by atoms with van der Waals surface area (Å²) in [5.41, 5.74) is 2.08. The molecule has 2 aliphatic rings. The van der Waals surface area contributed by atoms with Crippen molar-refractivity contribution in [2.75, 3.05) is 24.5 Å². The summed E-state index contributed by atoms with van der Waals surface area (Å²) >= 11 is 0. The number of benzene rings is 1. The fourth-order valence-corrected chi connectivity index (χ4v) is 4.82. The van der Waals surface area contributed by atoms with E-state index in [-0.39, 0.29) is 11.5 Å². The number of nitrogens with zero attached hydrogens (tertiary/aromatic N) is 4. The molecule has 2 aromatic heterocycles. The van der Waals surface area contributed by atoms with Crippen molar-refractivity contribution in [1.29, 1.82) is 0 Å². The Kier molecular flexibility index (Phi) is 6.74. The highest BCUT2D eigenvalue weighted by Crippen LogP contribution is 2.42. The Bertz CT molecular complexity index is 1250. The van der Waals surface area contributed by atoms with Crippen molar-refractivity contribution in [2.24, 2.45) is 0 Å². The average Bonchev–Trinajstić information content (AvgIpc) is 3.25. The molecule has 0 atom stereocenters. The van der Waals surface area contributed by atoms with Gasteiger partial charge in [0.25, 0.3) is 5.91 Å². The summed E-state index contributed by atoms with van der Waals surface area (Å²) in [6.07, 6.45) is 3.35. The number of anilines is 1. The van der Waals surface area contributed by atoms with Gasteiger partial charge < -0.3 is 15.0 Å². The van der Waals surface area contributed by atoms with Gasteiger partial charge in [0, 0.05) is 55.6 Å². The first-order valence-electron chi connectivity index (χ1n) is 12.5. The lowest BCUT2D eigenvalue weighted by atomic mass is 9.87. The minimum absolute atomic E-state index is 0.0779. The third-order valence-corrected chi connectivity index (χ3v) is 6.97. The van der Waals surface area contributed by atoms with Gasteiger partial charge in [0.2, 0.25) is 0 Å². The lowest BCUT2D eigenvalue weighted by Gasteiger charge is -2.39. The van der Waals surface area contributed by atoms with E-state index in [1.807, 2.05) is 35.2 Å². The summed E-state index contributed by atoms with van der Waals surface area (Å²) < 4.78 is 44.7. The number of carbonyl (C=O) groups excluding carboxylic acids is 1. The van der Waals surface area contributed by atoms with Crippen LogP contribution in [0.15, 0.2) is 48.9 Å². The lowest BCUT2D eigenvalue weighted by molar-refractivity contribution is -0.141. The molecule has 37 heavy (non-hydrogen) atoms. The monoisotopic (exact) mass is 511 g/mol. The number of hydrogen-bond donors (Lipinski definition) is 1. The highest BCUT2D eigenvalue weighted by atomic mass is 19.4. The number of piperidine rings is 1. The third-order valence-electron chi connectivity index (χ3n) is 6.97. The molecule has 4 heterocycles. The molecule has 7 nitrogen and oxygen atoms in total. The maximum atomic E-state index is 12.8. The quantitative estimate of drug-likeness (QED) is 0.466. The van der Waals surface area contributed by atoms with Crippen LogP contribution in [0.3, 0.4) is 0 Å². The van der Waals surface area contributed by atoms with E-state index < -0.39 is 11.9 Å². The number of alkyl halides is 3. The smallest absolute Gasteiger partial charge is 0.434 e. The van der Waals surface area contributed by atoms with E-state index >= 15 is 0 Å². The van der Waals surface area contributed by atoms with Crippen molar-refractivity contribution in [3.8, 4) is 17.0 Å². The number of aromatic nitrogens is 3. The van der Waals surface area contributed by atoms with Crippen molar-refractivity contribution < 1.29 is 22.7 Å². The van der Waals surface area contributed by atoms with Crippen molar-refractivity contribution in [2.45, 2.75) is 50.8 Å². The molecule has 1 spiro atoms. The minimum Gasteiger partial charge on any atom is -0.485 e. The number of carbonyl (C=O) groups is 1. The van der Waals surface area contributed by atoms with Crippen LogP contribution in [-0.4, -0.2) is 46.1 Å². The molecule has 10 heteroatoms. The number of nitrogens with one attached hydrogen (secondary N) is 1. The predicted molar refractivity (Wildman–Crippen MR) is 132 cm³/mol. The van der Waals surface area contributed by atoms with Gasteiger partial charge in [0.1, 0.15) is 17.2 Å². The van der Waals surface area contributed by atoms with Crippen LogP contribution in [0, 0.1) is 0 Å². The maximum Gasteiger partial charge on any atom is 0.434 e. The van der Waals surface area contributed by atoms with Gasteiger partial charge in [0.15, 0.2) is 5.69 Å². The molecule has 1 N–H and O–H groups in total. The number of unbranched alkanes of at least 4 members (excludes halogenated alkanes) is 1. The van der Waals surface area contributed by atoms with E-state index in [2.05, 4.69) is 27.2 Å². The van der Waals surface area contributed by atoms with Gasteiger partial charge in [0.05, 0.1) is 24.3 Å². The summed E-state index contributed by atoms with van der Waals surface area (Å²) in [5.74, 6) is 1.12. The Balaban J connectivity index is 1.22. The Morgan fingerprint density at radius 3 is 2.49 bits per heavy atom. The van der Waals surface area contributed by atoms with Crippen LogP contribution in [0.1, 0.15) is 54.2 Å². The van der Waals surface area contributed by atoms with Crippen molar-refractivity contribution in [3.05, 3.63) is 65.7 Å². The fraction of sp³-hybridized carbons (Fsp3) is 0.407. The normalized spacial score (nSPS) is 16.4. The molecule has 1 fully saturated rings. The van der Waals surface area contributed by atoms with Gasteiger partial charge in [-0.15, -0.1) is 0 Å². The Hall–Kier alpha value is -3.69. The first-order valence-corrected chi connectivity index (χ1v) is 12.5. The zero-order chi connectivity index (χ0) is 26.0.